The molecule has 0 fully saturated rings. The van der Waals surface area contributed by atoms with Gasteiger partial charge in [-0.3, -0.25) is 4.79 Å². The minimum absolute atomic E-state index is 0.0153. The van der Waals surface area contributed by atoms with Crippen LogP contribution in [0.2, 0.25) is 0 Å². The maximum absolute atomic E-state index is 11.7. The number of nitrogens with one attached hydrogen (secondary N) is 1. The van der Waals surface area contributed by atoms with Crippen LogP contribution in [0.3, 0.4) is 0 Å². The van der Waals surface area contributed by atoms with E-state index in [-0.39, 0.29) is 5.91 Å². The van der Waals surface area contributed by atoms with E-state index in [4.69, 9.17) is 4.74 Å². The zero-order valence-electron chi connectivity index (χ0n) is 12.0. The van der Waals surface area contributed by atoms with Gasteiger partial charge in [0.2, 0.25) is 5.91 Å². The molecule has 3 nitrogen and oxygen atoms in total. The Hall–Kier alpha value is -1.94. The second kappa shape index (κ2) is 8.37. The summed E-state index contributed by atoms with van der Waals surface area (Å²) in [7, 11) is 0. The Morgan fingerprint density at radius 1 is 1.10 bits per heavy atom. The van der Waals surface area contributed by atoms with Gasteiger partial charge in [0.25, 0.3) is 0 Å². The number of ether oxygens (including phenoxy) is 1. The summed E-state index contributed by atoms with van der Waals surface area (Å²) < 4.78 is 5.61. The summed E-state index contributed by atoms with van der Waals surface area (Å²) in [4.78, 5) is 11.7. The van der Waals surface area contributed by atoms with Gasteiger partial charge in [0.05, 0.1) is 12.4 Å². The predicted molar refractivity (Wildman–Crippen MR) is 89.1 cm³/mol. The number of thioether (sulfide) groups is 1. The van der Waals surface area contributed by atoms with Crippen molar-refractivity contribution >= 4 is 23.4 Å². The lowest BCUT2D eigenvalue weighted by atomic mass is 10.2. The highest BCUT2D eigenvalue weighted by Crippen LogP contribution is 2.12. The molecule has 110 valence electrons. The Labute approximate surface area is 129 Å². The van der Waals surface area contributed by atoms with Crippen LogP contribution in [0.5, 0.6) is 5.75 Å². The maximum atomic E-state index is 11.7. The molecular weight excluding hydrogens is 282 g/mol. The second-order valence-corrected chi connectivity index (χ2v) is 5.73. The first-order valence-electron chi connectivity index (χ1n) is 6.86. The van der Waals surface area contributed by atoms with Crippen LogP contribution in [0.25, 0.3) is 0 Å². The van der Waals surface area contributed by atoms with E-state index >= 15 is 0 Å². The van der Waals surface area contributed by atoms with Gasteiger partial charge < -0.3 is 10.1 Å². The summed E-state index contributed by atoms with van der Waals surface area (Å²) in [6, 6.07) is 17.4. The number of anilines is 1. The van der Waals surface area contributed by atoms with Gasteiger partial charge in [-0.1, -0.05) is 35.9 Å². The standard InChI is InChI=1S/C17H19NO2S/c1-14-7-9-16(10-8-14)20-11-12-21-13-17(19)18-15-5-3-2-4-6-15/h2-10H,11-13H2,1H3,(H,18,19). The first kappa shape index (κ1) is 15.4. The number of benzene rings is 2. The van der Waals surface area contributed by atoms with E-state index in [0.29, 0.717) is 12.4 Å². The monoisotopic (exact) mass is 301 g/mol. The van der Waals surface area contributed by atoms with E-state index in [1.165, 1.54) is 5.56 Å². The van der Waals surface area contributed by atoms with E-state index in [9.17, 15) is 4.79 Å². The Morgan fingerprint density at radius 3 is 2.52 bits per heavy atom. The molecule has 0 aromatic heterocycles. The van der Waals surface area contributed by atoms with Crippen molar-refractivity contribution in [2.24, 2.45) is 0 Å². The molecule has 1 N–H and O–H groups in total. The molecule has 0 aliphatic rings. The summed E-state index contributed by atoms with van der Waals surface area (Å²) >= 11 is 1.57. The minimum atomic E-state index is 0.0153. The molecule has 0 atom stereocenters. The summed E-state index contributed by atoms with van der Waals surface area (Å²) in [5.74, 6) is 2.11. The van der Waals surface area contributed by atoms with Gasteiger partial charge in [-0.15, -0.1) is 11.8 Å². The van der Waals surface area contributed by atoms with Crippen LogP contribution in [0.15, 0.2) is 54.6 Å². The molecule has 0 aliphatic carbocycles. The SMILES string of the molecule is Cc1ccc(OCCSCC(=O)Nc2ccccc2)cc1. The highest BCUT2D eigenvalue weighted by Gasteiger charge is 2.02. The summed E-state index contributed by atoms with van der Waals surface area (Å²) in [5, 5.41) is 2.86. The third-order valence-corrected chi connectivity index (χ3v) is 3.73. The lowest BCUT2D eigenvalue weighted by Crippen LogP contribution is -2.15. The van der Waals surface area contributed by atoms with Crippen molar-refractivity contribution in [1.82, 2.24) is 0 Å². The van der Waals surface area contributed by atoms with Crippen LogP contribution in [-0.2, 0) is 4.79 Å². The minimum Gasteiger partial charge on any atom is -0.493 e. The first-order chi connectivity index (χ1) is 10.2. The van der Waals surface area contributed by atoms with Crippen molar-refractivity contribution in [2.75, 3.05) is 23.4 Å². The highest BCUT2D eigenvalue weighted by atomic mass is 32.2. The van der Waals surface area contributed by atoms with Crippen molar-refractivity contribution in [3.63, 3.8) is 0 Å². The van der Waals surface area contributed by atoms with Crippen LogP contribution in [-0.4, -0.2) is 24.0 Å². The van der Waals surface area contributed by atoms with E-state index < -0.39 is 0 Å². The van der Waals surface area contributed by atoms with E-state index in [1.54, 1.807) is 11.8 Å². The summed E-state index contributed by atoms with van der Waals surface area (Å²) in [5.41, 5.74) is 2.05. The van der Waals surface area contributed by atoms with Crippen molar-refractivity contribution in [1.29, 1.82) is 0 Å². The predicted octanol–water partition coefficient (Wildman–Crippen LogP) is 3.75. The van der Waals surface area contributed by atoms with E-state index in [1.807, 2.05) is 61.5 Å². The molecule has 0 aliphatic heterocycles. The fraction of sp³-hybridized carbons (Fsp3) is 0.235. The molecule has 0 saturated carbocycles. The van der Waals surface area contributed by atoms with Gasteiger partial charge in [-0.05, 0) is 31.2 Å². The lowest BCUT2D eigenvalue weighted by Gasteiger charge is -2.07. The van der Waals surface area contributed by atoms with Crippen LogP contribution in [0.4, 0.5) is 5.69 Å². The van der Waals surface area contributed by atoms with Crippen LogP contribution >= 0.6 is 11.8 Å². The molecular formula is C17H19NO2S. The molecule has 0 radical (unpaired) electrons. The average molecular weight is 301 g/mol. The number of aryl methyl sites for hydroxylation is 1. The fourth-order valence-corrected chi connectivity index (χ4v) is 2.34. The Morgan fingerprint density at radius 2 is 1.81 bits per heavy atom. The molecule has 0 unspecified atom stereocenters. The van der Waals surface area contributed by atoms with Crippen LogP contribution in [0.1, 0.15) is 5.56 Å². The van der Waals surface area contributed by atoms with Crippen molar-refractivity contribution in [3.05, 3.63) is 60.2 Å². The molecule has 2 aromatic rings. The molecule has 0 saturated heterocycles. The van der Waals surface area contributed by atoms with Crippen LogP contribution in [0, 0.1) is 6.92 Å². The molecule has 2 aromatic carbocycles. The van der Waals surface area contributed by atoms with Gasteiger partial charge in [-0.2, -0.15) is 0 Å². The molecule has 0 bridgehead atoms. The quantitative estimate of drug-likeness (QED) is 0.792. The van der Waals surface area contributed by atoms with Crippen molar-refractivity contribution in [2.45, 2.75) is 6.92 Å². The number of hydrogen-bond donors (Lipinski definition) is 1. The molecule has 21 heavy (non-hydrogen) atoms. The summed E-state index contributed by atoms with van der Waals surface area (Å²) in [6.07, 6.45) is 0. The smallest absolute Gasteiger partial charge is 0.234 e. The van der Waals surface area contributed by atoms with Gasteiger partial charge in [-0.25, -0.2) is 0 Å². The zero-order valence-corrected chi connectivity index (χ0v) is 12.9. The molecule has 0 spiro atoms. The number of hydrogen-bond acceptors (Lipinski definition) is 3. The molecule has 0 heterocycles. The fourth-order valence-electron chi connectivity index (χ4n) is 1.74. The average Bonchev–Trinajstić information content (AvgIpc) is 2.50. The topological polar surface area (TPSA) is 38.3 Å². The van der Waals surface area contributed by atoms with Crippen LogP contribution < -0.4 is 10.1 Å². The van der Waals surface area contributed by atoms with E-state index in [0.717, 1.165) is 17.2 Å². The first-order valence-corrected chi connectivity index (χ1v) is 8.01. The molecule has 1 amide bonds. The van der Waals surface area contributed by atoms with Crippen molar-refractivity contribution in [3.8, 4) is 5.75 Å². The molecule has 4 heteroatoms. The van der Waals surface area contributed by atoms with E-state index in [2.05, 4.69) is 5.32 Å². The van der Waals surface area contributed by atoms with Crippen molar-refractivity contribution < 1.29 is 9.53 Å². The summed E-state index contributed by atoms with van der Waals surface area (Å²) in [6.45, 7) is 2.65. The van der Waals surface area contributed by atoms with Gasteiger partial charge in [0.1, 0.15) is 5.75 Å². The number of carbonyl (C=O) groups excluding carboxylic acids is 1. The lowest BCUT2D eigenvalue weighted by molar-refractivity contribution is -0.113. The third kappa shape index (κ3) is 5.92. The number of rotatable bonds is 7. The van der Waals surface area contributed by atoms with Gasteiger partial charge >= 0.3 is 0 Å². The number of amides is 1. The largest absolute Gasteiger partial charge is 0.493 e. The number of carbonyl (C=O) groups is 1. The second-order valence-electron chi connectivity index (χ2n) is 4.63. The Bertz CT molecular complexity index is 555. The molecule has 2 rings (SSSR count). The number of para-hydroxylation sites is 1. The zero-order chi connectivity index (χ0) is 14.9. The van der Waals surface area contributed by atoms with Gasteiger partial charge in [0.15, 0.2) is 0 Å². The highest BCUT2D eigenvalue weighted by molar-refractivity contribution is 7.99. The Balaban J connectivity index is 1.59. The van der Waals surface area contributed by atoms with Gasteiger partial charge in [0, 0.05) is 11.4 Å². The third-order valence-electron chi connectivity index (χ3n) is 2.81. The normalized spacial score (nSPS) is 10.1. The Kier molecular flexibility index (Phi) is 6.16. The maximum Gasteiger partial charge on any atom is 0.234 e.